The summed E-state index contributed by atoms with van der Waals surface area (Å²) in [6.45, 7) is 0.598. The van der Waals surface area contributed by atoms with Crippen LogP contribution in [0.3, 0.4) is 0 Å². The Balaban J connectivity index is 1.47. The standard InChI is InChI=1S/C26H22N2O4/c29-25(27-17-20-11-8-16-31-20)21-12-4-6-14-23(21)28-26(30)22-13-5-7-15-24(22)32-18-19-9-2-1-3-10-19/h1-16H,17-18H2,(H,27,29)(H,28,30). The van der Waals surface area contributed by atoms with E-state index >= 15 is 0 Å². The van der Waals surface area contributed by atoms with Gasteiger partial charge in [0.15, 0.2) is 0 Å². The van der Waals surface area contributed by atoms with E-state index in [1.165, 1.54) is 0 Å². The minimum atomic E-state index is -0.361. The number of anilines is 1. The highest BCUT2D eigenvalue weighted by Gasteiger charge is 2.17. The molecule has 0 aliphatic carbocycles. The third-order valence-corrected chi connectivity index (χ3v) is 4.79. The maximum Gasteiger partial charge on any atom is 0.259 e. The SMILES string of the molecule is O=C(NCc1ccco1)c1ccccc1NC(=O)c1ccccc1OCc1ccccc1. The fraction of sp³-hybridized carbons (Fsp3) is 0.0769. The van der Waals surface area contributed by atoms with Gasteiger partial charge in [0, 0.05) is 0 Å². The maximum absolute atomic E-state index is 13.0. The molecule has 0 saturated carbocycles. The number of benzene rings is 3. The average Bonchev–Trinajstić information content (AvgIpc) is 3.36. The highest BCUT2D eigenvalue weighted by Crippen LogP contribution is 2.22. The summed E-state index contributed by atoms with van der Waals surface area (Å²) in [6.07, 6.45) is 1.55. The van der Waals surface area contributed by atoms with E-state index in [-0.39, 0.29) is 18.4 Å². The quantitative estimate of drug-likeness (QED) is 0.414. The van der Waals surface area contributed by atoms with Crippen molar-refractivity contribution in [2.75, 3.05) is 5.32 Å². The van der Waals surface area contributed by atoms with Crippen LogP contribution in [0.4, 0.5) is 5.69 Å². The number of carbonyl (C=O) groups excluding carboxylic acids is 2. The Hall–Kier alpha value is -4.32. The zero-order valence-corrected chi connectivity index (χ0v) is 17.3. The molecule has 3 aromatic carbocycles. The fourth-order valence-corrected chi connectivity index (χ4v) is 3.17. The summed E-state index contributed by atoms with van der Waals surface area (Å²) in [7, 11) is 0. The predicted octanol–water partition coefficient (Wildman–Crippen LogP) is 5.04. The van der Waals surface area contributed by atoms with Crippen molar-refractivity contribution in [3.63, 3.8) is 0 Å². The van der Waals surface area contributed by atoms with Crippen LogP contribution in [0.5, 0.6) is 5.75 Å². The van der Waals surface area contributed by atoms with Gasteiger partial charge in [-0.3, -0.25) is 9.59 Å². The second-order valence-corrected chi connectivity index (χ2v) is 7.03. The van der Waals surface area contributed by atoms with Gasteiger partial charge >= 0.3 is 0 Å². The first-order chi connectivity index (χ1) is 15.7. The molecule has 32 heavy (non-hydrogen) atoms. The molecule has 2 amide bonds. The molecule has 160 valence electrons. The van der Waals surface area contributed by atoms with Crippen molar-refractivity contribution in [1.82, 2.24) is 5.32 Å². The second kappa shape index (κ2) is 10.1. The number of hydrogen-bond acceptors (Lipinski definition) is 4. The van der Waals surface area contributed by atoms with Crippen LogP contribution in [0.1, 0.15) is 32.0 Å². The first-order valence-corrected chi connectivity index (χ1v) is 10.2. The molecule has 2 N–H and O–H groups in total. The molecule has 6 nitrogen and oxygen atoms in total. The molecule has 0 aliphatic rings. The van der Waals surface area contributed by atoms with E-state index in [0.717, 1.165) is 5.56 Å². The average molecular weight is 426 g/mol. The first kappa shape index (κ1) is 20.9. The number of ether oxygens (including phenoxy) is 1. The maximum atomic E-state index is 13.0. The monoisotopic (exact) mass is 426 g/mol. The Bertz CT molecular complexity index is 1190. The molecule has 0 saturated heterocycles. The van der Waals surface area contributed by atoms with Gasteiger partial charge in [-0.15, -0.1) is 0 Å². The van der Waals surface area contributed by atoms with Crippen LogP contribution in [-0.4, -0.2) is 11.8 Å². The molecular weight excluding hydrogens is 404 g/mol. The molecule has 0 unspecified atom stereocenters. The molecule has 4 aromatic rings. The molecule has 0 aliphatic heterocycles. The summed E-state index contributed by atoms with van der Waals surface area (Å²) in [4.78, 5) is 25.7. The van der Waals surface area contributed by atoms with Crippen LogP contribution in [0, 0.1) is 0 Å². The lowest BCUT2D eigenvalue weighted by Gasteiger charge is -2.14. The van der Waals surface area contributed by atoms with Crippen molar-refractivity contribution >= 4 is 17.5 Å². The molecule has 0 atom stereocenters. The number of nitrogens with one attached hydrogen (secondary N) is 2. The van der Waals surface area contributed by atoms with Crippen molar-refractivity contribution in [1.29, 1.82) is 0 Å². The third kappa shape index (κ3) is 5.23. The zero-order valence-electron chi connectivity index (χ0n) is 17.3. The summed E-state index contributed by atoms with van der Waals surface area (Å²) >= 11 is 0. The van der Waals surface area contributed by atoms with Crippen LogP contribution >= 0.6 is 0 Å². The summed E-state index contributed by atoms with van der Waals surface area (Å²) in [5.41, 5.74) is 2.15. The lowest BCUT2D eigenvalue weighted by atomic mass is 10.1. The minimum Gasteiger partial charge on any atom is -0.488 e. The Kier molecular flexibility index (Phi) is 6.63. The van der Waals surface area contributed by atoms with Crippen molar-refractivity contribution in [3.8, 4) is 5.75 Å². The molecular formula is C26H22N2O4. The number of amides is 2. The van der Waals surface area contributed by atoms with Gasteiger partial charge in [-0.1, -0.05) is 54.6 Å². The van der Waals surface area contributed by atoms with Gasteiger partial charge in [-0.2, -0.15) is 0 Å². The van der Waals surface area contributed by atoms with E-state index in [4.69, 9.17) is 9.15 Å². The Morgan fingerprint density at radius 2 is 1.47 bits per heavy atom. The predicted molar refractivity (Wildman–Crippen MR) is 121 cm³/mol. The Morgan fingerprint density at radius 3 is 2.25 bits per heavy atom. The molecule has 4 rings (SSSR count). The second-order valence-electron chi connectivity index (χ2n) is 7.03. The van der Waals surface area contributed by atoms with E-state index in [0.29, 0.717) is 34.9 Å². The summed E-state index contributed by atoms with van der Waals surface area (Å²) in [5, 5.41) is 5.63. The highest BCUT2D eigenvalue weighted by atomic mass is 16.5. The number of furan rings is 1. The van der Waals surface area contributed by atoms with Gasteiger partial charge in [0.05, 0.1) is 29.6 Å². The fourth-order valence-electron chi connectivity index (χ4n) is 3.17. The van der Waals surface area contributed by atoms with Gasteiger partial charge in [0.25, 0.3) is 11.8 Å². The van der Waals surface area contributed by atoms with E-state index in [1.54, 1.807) is 60.9 Å². The van der Waals surface area contributed by atoms with Crippen LogP contribution < -0.4 is 15.4 Å². The van der Waals surface area contributed by atoms with Gasteiger partial charge in [-0.25, -0.2) is 0 Å². The topological polar surface area (TPSA) is 80.6 Å². The van der Waals surface area contributed by atoms with Gasteiger partial charge < -0.3 is 19.8 Å². The molecule has 0 spiro atoms. The van der Waals surface area contributed by atoms with Crippen LogP contribution in [0.2, 0.25) is 0 Å². The molecule has 0 fully saturated rings. The lowest BCUT2D eigenvalue weighted by molar-refractivity contribution is 0.0949. The summed E-state index contributed by atoms with van der Waals surface area (Å²) in [6, 6.07) is 27.1. The summed E-state index contributed by atoms with van der Waals surface area (Å²) in [5.74, 6) is 0.434. The van der Waals surface area contributed by atoms with E-state index in [1.807, 2.05) is 36.4 Å². The molecule has 1 aromatic heterocycles. The first-order valence-electron chi connectivity index (χ1n) is 10.2. The normalized spacial score (nSPS) is 10.4. The van der Waals surface area contributed by atoms with Gasteiger partial charge in [0.1, 0.15) is 18.1 Å². The third-order valence-electron chi connectivity index (χ3n) is 4.79. The Labute approximate surface area is 185 Å². The summed E-state index contributed by atoms with van der Waals surface area (Å²) < 4.78 is 11.1. The van der Waals surface area contributed by atoms with E-state index < -0.39 is 0 Å². The largest absolute Gasteiger partial charge is 0.488 e. The van der Waals surface area contributed by atoms with E-state index in [9.17, 15) is 9.59 Å². The number of para-hydroxylation sites is 2. The smallest absolute Gasteiger partial charge is 0.259 e. The number of hydrogen-bond donors (Lipinski definition) is 2. The van der Waals surface area contributed by atoms with Crippen molar-refractivity contribution in [2.24, 2.45) is 0 Å². The van der Waals surface area contributed by atoms with Crippen molar-refractivity contribution < 1.29 is 18.7 Å². The van der Waals surface area contributed by atoms with E-state index in [2.05, 4.69) is 10.6 Å². The highest BCUT2D eigenvalue weighted by molar-refractivity contribution is 6.10. The minimum absolute atomic E-state index is 0.254. The molecule has 0 bridgehead atoms. The van der Waals surface area contributed by atoms with Gasteiger partial charge in [0.2, 0.25) is 0 Å². The van der Waals surface area contributed by atoms with Crippen LogP contribution in [0.25, 0.3) is 0 Å². The lowest BCUT2D eigenvalue weighted by Crippen LogP contribution is -2.24. The van der Waals surface area contributed by atoms with Gasteiger partial charge in [-0.05, 0) is 42.0 Å². The number of rotatable bonds is 8. The molecule has 0 radical (unpaired) electrons. The van der Waals surface area contributed by atoms with Crippen molar-refractivity contribution in [3.05, 3.63) is 120 Å². The van der Waals surface area contributed by atoms with Crippen molar-refractivity contribution in [2.45, 2.75) is 13.2 Å². The van der Waals surface area contributed by atoms with Crippen LogP contribution in [-0.2, 0) is 13.2 Å². The number of carbonyl (C=O) groups is 2. The Morgan fingerprint density at radius 1 is 0.750 bits per heavy atom. The zero-order chi connectivity index (χ0) is 22.2. The molecule has 1 heterocycles. The molecule has 6 heteroatoms. The van der Waals surface area contributed by atoms with Crippen LogP contribution in [0.15, 0.2) is 102 Å².